The molecule has 0 aliphatic heterocycles. The minimum Gasteiger partial charge on any atom is -0.480 e. The lowest BCUT2D eigenvalue weighted by Crippen LogP contribution is -2.19. The Hall–Kier alpha value is -2.54. The highest BCUT2D eigenvalue weighted by Gasteiger charge is 2.07. The average Bonchev–Trinajstić information content (AvgIpc) is 2.80. The second-order valence-electron chi connectivity index (χ2n) is 4.36. The molecule has 2 rings (SSSR count). The van der Waals surface area contributed by atoms with Crippen molar-refractivity contribution in [3.05, 3.63) is 41.2 Å². The summed E-state index contributed by atoms with van der Waals surface area (Å²) in [6.07, 6.45) is 2.79. The summed E-state index contributed by atoms with van der Waals surface area (Å²) >= 11 is 5.97. The van der Waals surface area contributed by atoms with E-state index in [0.29, 0.717) is 16.4 Å². The lowest BCUT2D eigenvalue weighted by molar-refractivity contribution is -0.137. The largest absolute Gasteiger partial charge is 0.480 e. The van der Waals surface area contributed by atoms with Crippen molar-refractivity contribution in [2.75, 3.05) is 10.6 Å². The molecule has 0 saturated carbocycles. The molecular formula is C13H13ClN4O3. The zero-order chi connectivity index (χ0) is 15.4. The third-order valence-electron chi connectivity index (χ3n) is 2.62. The number of aromatic nitrogens is 2. The van der Waals surface area contributed by atoms with Gasteiger partial charge in [-0.1, -0.05) is 17.7 Å². The number of nitrogens with one attached hydrogen (secondary N) is 2. The first-order chi connectivity index (χ1) is 9.94. The van der Waals surface area contributed by atoms with Gasteiger partial charge in [0, 0.05) is 16.9 Å². The van der Waals surface area contributed by atoms with Gasteiger partial charge in [-0.05, 0) is 24.6 Å². The molecule has 21 heavy (non-hydrogen) atoms. The molecule has 0 bridgehead atoms. The number of aliphatic carboxylic acids is 1. The van der Waals surface area contributed by atoms with Crippen molar-refractivity contribution in [1.29, 1.82) is 0 Å². The first-order valence-corrected chi connectivity index (χ1v) is 6.40. The van der Waals surface area contributed by atoms with Gasteiger partial charge in [0.15, 0.2) is 0 Å². The molecule has 1 aromatic heterocycles. The predicted molar refractivity (Wildman–Crippen MR) is 78.7 cm³/mol. The standard InChI is InChI=1S/C13H13ClN4O3/c1-8-2-3-9(4-11(8)14)16-13(21)17-10-5-15-18(6-10)7-12(19)20/h2-6H,7H2,1H3,(H,19,20)(H2,16,17,21). The topological polar surface area (TPSA) is 96.3 Å². The van der Waals surface area contributed by atoms with Gasteiger partial charge in [-0.15, -0.1) is 0 Å². The van der Waals surface area contributed by atoms with Gasteiger partial charge in [-0.25, -0.2) is 4.79 Å². The number of anilines is 2. The quantitative estimate of drug-likeness (QED) is 0.808. The lowest BCUT2D eigenvalue weighted by atomic mass is 10.2. The number of benzene rings is 1. The number of urea groups is 1. The van der Waals surface area contributed by atoms with Crippen LogP contribution in [0.2, 0.25) is 5.02 Å². The number of rotatable bonds is 4. The molecule has 0 radical (unpaired) electrons. The first kappa shape index (κ1) is 14.9. The van der Waals surface area contributed by atoms with Gasteiger partial charge >= 0.3 is 12.0 Å². The number of hydrogen-bond donors (Lipinski definition) is 3. The van der Waals surface area contributed by atoms with Crippen LogP contribution in [0, 0.1) is 6.92 Å². The molecule has 0 saturated heterocycles. The highest BCUT2D eigenvalue weighted by atomic mass is 35.5. The van der Waals surface area contributed by atoms with E-state index in [0.717, 1.165) is 5.56 Å². The summed E-state index contributed by atoms with van der Waals surface area (Å²) in [6.45, 7) is 1.60. The van der Waals surface area contributed by atoms with Crippen LogP contribution in [0.5, 0.6) is 0 Å². The maximum absolute atomic E-state index is 11.8. The molecular weight excluding hydrogens is 296 g/mol. The zero-order valence-corrected chi connectivity index (χ0v) is 11.9. The second kappa shape index (κ2) is 6.27. The van der Waals surface area contributed by atoms with E-state index < -0.39 is 12.0 Å². The Kier molecular flexibility index (Phi) is 4.44. The van der Waals surface area contributed by atoms with E-state index in [1.54, 1.807) is 18.2 Å². The van der Waals surface area contributed by atoms with E-state index in [1.807, 2.05) is 6.92 Å². The van der Waals surface area contributed by atoms with Crippen molar-refractivity contribution in [1.82, 2.24) is 9.78 Å². The SMILES string of the molecule is Cc1ccc(NC(=O)Nc2cnn(CC(=O)O)c2)cc1Cl. The molecule has 1 heterocycles. The summed E-state index contributed by atoms with van der Waals surface area (Å²) in [7, 11) is 0. The van der Waals surface area contributed by atoms with E-state index in [2.05, 4.69) is 15.7 Å². The third-order valence-corrected chi connectivity index (χ3v) is 3.03. The predicted octanol–water partition coefficient (Wildman–Crippen LogP) is 2.57. The first-order valence-electron chi connectivity index (χ1n) is 6.02. The molecule has 0 spiro atoms. The van der Waals surface area contributed by atoms with Gasteiger partial charge in [0.1, 0.15) is 6.54 Å². The van der Waals surface area contributed by atoms with Gasteiger partial charge in [-0.3, -0.25) is 9.48 Å². The van der Waals surface area contributed by atoms with E-state index in [1.165, 1.54) is 17.1 Å². The number of carboxylic acid groups (broad SMARTS) is 1. The van der Waals surface area contributed by atoms with Crippen molar-refractivity contribution in [2.24, 2.45) is 0 Å². The maximum Gasteiger partial charge on any atom is 0.325 e. The molecule has 2 aromatic rings. The lowest BCUT2D eigenvalue weighted by Gasteiger charge is -2.07. The Morgan fingerprint density at radius 2 is 2.05 bits per heavy atom. The van der Waals surface area contributed by atoms with Crippen molar-refractivity contribution in [2.45, 2.75) is 13.5 Å². The molecule has 0 aliphatic rings. The van der Waals surface area contributed by atoms with Crippen LogP contribution >= 0.6 is 11.6 Å². The van der Waals surface area contributed by atoms with Crippen LogP contribution in [0.4, 0.5) is 16.2 Å². The maximum atomic E-state index is 11.8. The summed E-state index contributed by atoms with van der Waals surface area (Å²) in [4.78, 5) is 22.3. The van der Waals surface area contributed by atoms with Crippen molar-refractivity contribution in [3.8, 4) is 0 Å². The van der Waals surface area contributed by atoms with E-state index >= 15 is 0 Å². The Labute approximate surface area is 125 Å². The fraction of sp³-hybridized carbons (Fsp3) is 0.154. The number of carbonyl (C=O) groups excluding carboxylic acids is 1. The van der Waals surface area contributed by atoms with Gasteiger partial charge in [-0.2, -0.15) is 5.10 Å². The van der Waals surface area contributed by atoms with Gasteiger partial charge < -0.3 is 15.7 Å². The molecule has 0 aliphatic carbocycles. The molecule has 3 N–H and O–H groups in total. The number of hydrogen-bond acceptors (Lipinski definition) is 3. The summed E-state index contributed by atoms with van der Waals surface area (Å²) in [6, 6.07) is 4.70. The van der Waals surface area contributed by atoms with E-state index in [9.17, 15) is 9.59 Å². The minimum atomic E-state index is -1.01. The molecule has 110 valence electrons. The zero-order valence-electron chi connectivity index (χ0n) is 11.1. The van der Waals surface area contributed by atoms with Crippen molar-refractivity contribution >= 4 is 35.0 Å². The van der Waals surface area contributed by atoms with E-state index in [4.69, 9.17) is 16.7 Å². The molecule has 8 heteroatoms. The fourth-order valence-electron chi connectivity index (χ4n) is 1.62. The molecule has 0 unspecified atom stereocenters. The van der Waals surface area contributed by atoms with Crippen molar-refractivity contribution in [3.63, 3.8) is 0 Å². The Balaban J connectivity index is 1.96. The van der Waals surface area contributed by atoms with Crippen LogP contribution in [0.3, 0.4) is 0 Å². The number of aryl methyl sites for hydroxylation is 1. The second-order valence-corrected chi connectivity index (χ2v) is 4.77. The number of nitrogens with zero attached hydrogens (tertiary/aromatic N) is 2. The number of carboxylic acids is 1. The Bertz CT molecular complexity index is 684. The monoisotopic (exact) mass is 308 g/mol. The van der Waals surface area contributed by atoms with Gasteiger partial charge in [0.05, 0.1) is 11.9 Å². The Morgan fingerprint density at radius 1 is 1.33 bits per heavy atom. The number of amides is 2. The van der Waals surface area contributed by atoms with Crippen molar-refractivity contribution < 1.29 is 14.7 Å². The highest BCUT2D eigenvalue weighted by Crippen LogP contribution is 2.20. The molecule has 2 amide bonds. The summed E-state index contributed by atoms with van der Waals surface area (Å²) in [5.41, 5.74) is 1.87. The normalized spacial score (nSPS) is 10.2. The van der Waals surface area contributed by atoms with Gasteiger partial charge in [0.2, 0.25) is 0 Å². The Morgan fingerprint density at radius 3 is 2.71 bits per heavy atom. The number of carbonyl (C=O) groups is 2. The van der Waals surface area contributed by atoms with E-state index in [-0.39, 0.29) is 6.54 Å². The highest BCUT2D eigenvalue weighted by molar-refractivity contribution is 6.31. The fourth-order valence-corrected chi connectivity index (χ4v) is 1.80. The van der Waals surface area contributed by atoms with Crippen LogP contribution < -0.4 is 10.6 Å². The van der Waals surface area contributed by atoms with Crippen LogP contribution in [0.25, 0.3) is 0 Å². The summed E-state index contributed by atoms with van der Waals surface area (Å²) < 4.78 is 1.21. The van der Waals surface area contributed by atoms with Crippen LogP contribution in [-0.4, -0.2) is 26.9 Å². The molecule has 1 aromatic carbocycles. The molecule has 0 atom stereocenters. The molecule has 7 nitrogen and oxygen atoms in total. The van der Waals surface area contributed by atoms with Crippen LogP contribution in [-0.2, 0) is 11.3 Å². The van der Waals surface area contributed by atoms with Crippen LogP contribution in [0.15, 0.2) is 30.6 Å². The average molecular weight is 309 g/mol. The summed E-state index contributed by atoms with van der Waals surface area (Å²) in [5.74, 6) is -1.01. The molecule has 0 fully saturated rings. The summed E-state index contributed by atoms with van der Waals surface area (Å²) in [5, 5.41) is 18.2. The number of halogens is 1. The smallest absolute Gasteiger partial charge is 0.325 e. The third kappa shape index (κ3) is 4.22. The minimum absolute atomic E-state index is 0.267. The van der Waals surface area contributed by atoms with Crippen LogP contribution in [0.1, 0.15) is 5.56 Å². The van der Waals surface area contributed by atoms with Gasteiger partial charge in [0.25, 0.3) is 0 Å².